The van der Waals surface area contributed by atoms with Gasteiger partial charge in [0.25, 0.3) is 0 Å². The molecule has 0 aromatic rings. The van der Waals surface area contributed by atoms with E-state index in [1.807, 2.05) is 4.90 Å². The molecule has 2 fully saturated rings. The summed E-state index contributed by atoms with van der Waals surface area (Å²) in [6.07, 6.45) is -0.653. The summed E-state index contributed by atoms with van der Waals surface area (Å²) < 4.78 is 36.5. The van der Waals surface area contributed by atoms with Gasteiger partial charge in [-0.1, -0.05) is 12.8 Å². The van der Waals surface area contributed by atoms with Crippen LogP contribution in [-0.2, 0) is 4.79 Å². The van der Waals surface area contributed by atoms with Crippen molar-refractivity contribution in [2.45, 2.75) is 38.3 Å². The molecule has 1 heterocycles. The fourth-order valence-electron chi connectivity index (χ4n) is 3.50. The smallest absolute Gasteiger partial charge is 0.356 e. The maximum Gasteiger partial charge on any atom is 0.390 e. The van der Waals surface area contributed by atoms with Crippen LogP contribution in [0.5, 0.6) is 0 Å². The number of hydrogen-bond donors (Lipinski definition) is 2. The van der Waals surface area contributed by atoms with E-state index >= 15 is 0 Å². The molecule has 9 heteroatoms. The van der Waals surface area contributed by atoms with Gasteiger partial charge in [-0.25, -0.2) is 0 Å². The summed E-state index contributed by atoms with van der Waals surface area (Å²) in [7, 11) is 1.54. The van der Waals surface area contributed by atoms with Crippen LogP contribution in [0, 0.1) is 5.92 Å². The van der Waals surface area contributed by atoms with Gasteiger partial charge < -0.3 is 15.5 Å². The van der Waals surface area contributed by atoms with E-state index in [9.17, 15) is 18.0 Å². The number of piperazine rings is 1. The highest BCUT2D eigenvalue weighted by Crippen LogP contribution is 2.26. The molecule has 2 rings (SSSR count). The monoisotopic (exact) mass is 377 g/mol. The normalized spacial score (nSPS) is 20.5. The summed E-state index contributed by atoms with van der Waals surface area (Å²) in [4.78, 5) is 20.6. The maximum atomic E-state index is 12.4. The summed E-state index contributed by atoms with van der Waals surface area (Å²) in [6.45, 7) is 4.36. The topological polar surface area (TPSA) is 60.0 Å². The zero-order valence-electron chi connectivity index (χ0n) is 15.4. The van der Waals surface area contributed by atoms with Crippen LogP contribution >= 0.6 is 0 Å². The first-order valence-electron chi connectivity index (χ1n) is 9.41. The average Bonchev–Trinajstić information content (AvgIpc) is 3.14. The van der Waals surface area contributed by atoms with Crippen molar-refractivity contribution >= 4 is 11.9 Å². The maximum absolute atomic E-state index is 12.4. The number of aliphatic imine (C=N–C) groups is 1. The molecule has 1 aliphatic heterocycles. The molecule has 2 N–H and O–H groups in total. The summed E-state index contributed by atoms with van der Waals surface area (Å²) in [6, 6.07) is 0. The fraction of sp³-hybridized carbons (Fsp3) is 0.882. The van der Waals surface area contributed by atoms with E-state index in [-0.39, 0.29) is 12.5 Å². The highest BCUT2D eigenvalue weighted by Gasteiger charge is 2.29. The van der Waals surface area contributed by atoms with Crippen LogP contribution in [-0.4, -0.2) is 80.7 Å². The largest absolute Gasteiger partial charge is 0.390 e. The van der Waals surface area contributed by atoms with Crippen LogP contribution in [0.25, 0.3) is 0 Å². The van der Waals surface area contributed by atoms with Gasteiger partial charge in [0.1, 0.15) is 0 Å². The van der Waals surface area contributed by atoms with Gasteiger partial charge in [0.2, 0.25) is 5.91 Å². The first-order valence-corrected chi connectivity index (χ1v) is 9.41. The van der Waals surface area contributed by atoms with Crippen LogP contribution < -0.4 is 10.6 Å². The molecule has 150 valence electrons. The Balaban J connectivity index is 1.59. The van der Waals surface area contributed by atoms with Gasteiger partial charge in [-0.15, -0.1) is 0 Å². The summed E-state index contributed by atoms with van der Waals surface area (Å²) in [5.41, 5.74) is 0. The van der Waals surface area contributed by atoms with Gasteiger partial charge in [0, 0.05) is 58.8 Å². The van der Waals surface area contributed by atoms with Gasteiger partial charge in [-0.05, 0) is 12.8 Å². The first-order chi connectivity index (χ1) is 12.4. The molecule has 2 aliphatic rings. The second-order valence-corrected chi connectivity index (χ2v) is 6.94. The molecule has 1 saturated heterocycles. The fourth-order valence-corrected chi connectivity index (χ4v) is 3.50. The molecule has 26 heavy (non-hydrogen) atoms. The number of carbonyl (C=O) groups is 1. The number of alkyl halides is 3. The lowest BCUT2D eigenvalue weighted by Crippen LogP contribution is -2.52. The van der Waals surface area contributed by atoms with Gasteiger partial charge in [-0.2, -0.15) is 13.2 Å². The van der Waals surface area contributed by atoms with Crippen molar-refractivity contribution < 1.29 is 18.0 Å². The van der Waals surface area contributed by atoms with Crippen molar-refractivity contribution in [3.63, 3.8) is 0 Å². The molecule has 0 atom stereocenters. The Morgan fingerprint density at radius 1 is 1.08 bits per heavy atom. The molecule has 0 bridgehead atoms. The van der Waals surface area contributed by atoms with Crippen LogP contribution in [0.4, 0.5) is 13.2 Å². The third kappa shape index (κ3) is 7.01. The number of nitrogens with zero attached hydrogens (tertiary/aromatic N) is 3. The summed E-state index contributed by atoms with van der Waals surface area (Å²) in [5, 5.41) is 5.70. The third-order valence-corrected chi connectivity index (χ3v) is 5.03. The zero-order chi connectivity index (χ0) is 19.0. The second kappa shape index (κ2) is 9.99. The summed E-state index contributed by atoms with van der Waals surface area (Å²) in [5.74, 6) is 0.924. The van der Waals surface area contributed by atoms with Gasteiger partial charge in [0.15, 0.2) is 5.96 Å². The van der Waals surface area contributed by atoms with Gasteiger partial charge in [-0.3, -0.25) is 14.7 Å². The van der Waals surface area contributed by atoms with Crippen molar-refractivity contribution in [1.29, 1.82) is 0 Å². The lowest BCUT2D eigenvalue weighted by atomic mass is 10.1. The Hall–Kier alpha value is -1.51. The number of hydrogen-bond acceptors (Lipinski definition) is 3. The van der Waals surface area contributed by atoms with Crippen LogP contribution in [0.1, 0.15) is 32.1 Å². The Morgan fingerprint density at radius 3 is 2.27 bits per heavy atom. The van der Waals surface area contributed by atoms with E-state index in [0.717, 1.165) is 45.6 Å². The molecular formula is C17H30F3N5O. The predicted molar refractivity (Wildman–Crippen MR) is 95.0 cm³/mol. The minimum Gasteiger partial charge on any atom is -0.356 e. The van der Waals surface area contributed by atoms with Crippen molar-refractivity contribution in [1.82, 2.24) is 20.4 Å². The quantitative estimate of drug-likeness (QED) is 0.543. The van der Waals surface area contributed by atoms with Crippen molar-refractivity contribution in [2.24, 2.45) is 10.9 Å². The lowest BCUT2D eigenvalue weighted by Gasteiger charge is -2.36. The number of halogens is 3. The molecule has 1 amide bonds. The minimum absolute atomic E-state index is 0.189. The van der Waals surface area contributed by atoms with E-state index < -0.39 is 12.6 Å². The standard InChI is InChI=1S/C17H30F3N5O/c1-21-16(22-7-6-17(18,19)20)23-8-9-24-10-12-25(13-11-24)15(26)14-4-2-3-5-14/h14H,2-13H2,1H3,(H2,21,22,23). The summed E-state index contributed by atoms with van der Waals surface area (Å²) >= 11 is 0. The number of nitrogens with one attached hydrogen (secondary N) is 2. The van der Waals surface area contributed by atoms with E-state index in [0.29, 0.717) is 18.4 Å². The van der Waals surface area contributed by atoms with E-state index in [4.69, 9.17) is 0 Å². The molecule has 0 spiro atoms. The molecule has 0 aromatic carbocycles. The zero-order valence-corrected chi connectivity index (χ0v) is 15.4. The van der Waals surface area contributed by atoms with Crippen molar-refractivity contribution in [2.75, 3.05) is 52.9 Å². The number of carbonyl (C=O) groups excluding carboxylic acids is 1. The van der Waals surface area contributed by atoms with Crippen molar-refractivity contribution in [3.8, 4) is 0 Å². The van der Waals surface area contributed by atoms with E-state index in [1.54, 1.807) is 0 Å². The Bertz CT molecular complexity index is 470. The van der Waals surface area contributed by atoms with Crippen LogP contribution in [0.15, 0.2) is 4.99 Å². The minimum atomic E-state index is -4.17. The molecule has 0 aromatic heterocycles. The highest BCUT2D eigenvalue weighted by molar-refractivity contribution is 5.79. The number of guanidine groups is 1. The van der Waals surface area contributed by atoms with E-state index in [1.165, 1.54) is 19.9 Å². The van der Waals surface area contributed by atoms with E-state index in [2.05, 4.69) is 20.5 Å². The molecule has 1 saturated carbocycles. The van der Waals surface area contributed by atoms with Gasteiger partial charge in [0.05, 0.1) is 6.42 Å². The number of amides is 1. The molecule has 0 radical (unpaired) electrons. The first kappa shape index (κ1) is 20.8. The third-order valence-electron chi connectivity index (χ3n) is 5.03. The van der Waals surface area contributed by atoms with Gasteiger partial charge >= 0.3 is 6.18 Å². The SMILES string of the molecule is CN=C(NCCN1CCN(C(=O)C2CCCC2)CC1)NCCC(F)(F)F. The van der Waals surface area contributed by atoms with Crippen LogP contribution in [0.2, 0.25) is 0 Å². The molecule has 1 aliphatic carbocycles. The Morgan fingerprint density at radius 2 is 1.69 bits per heavy atom. The average molecular weight is 377 g/mol. The lowest BCUT2D eigenvalue weighted by molar-refractivity contribution is -0.137. The Kier molecular flexibility index (Phi) is 7.99. The molecule has 6 nitrogen and oxygen atoms in total. The second-order valence-electron chi connectivity index (χ2n) is 6.94. The molecular weight excluding hydrogens is 347 g/mol. The molecule has 0 unspecified atom stereocenters. The highest BCUT2D eigenvalue weighted by atomic mass is 19.4. The Labute approximate surface area is 153 Å². The number of rotatable bonds is 6. The predicted octanol–water partition coefficient (Wildman–Crippen LogP) is 1.44. The van der Waals surface area contributed by atoms with Crippen LogP contribution in [0.3, 0.4) is 0 Å². The van der Waals surface area contributed by atoms with Crippen molar-refractivity contribution in [3.05, 3.63) is 0 Å².